The van der Waals surface area contributed by atoms with Gasteiger partial charge in [-0.15, -0.1) is 24.2 Å². The Balaban J connectivity index is 0.00000124. The number of aromatic hydroxyl groups is 1. The van der Waals surface area contributed by atoms with Crippen molar-refractivity contribution in [2.24, 2.45) is 5.14 Å². The number of nitrogens with zero attached hydrogens (tertiary/aromatic N) is 1. The van der Waals surface area contributed by atoms with Gasteiger partial charge in [0.1, 0.15) is 10.8 Å². The smallest absolute Gasteiger partial charge is 0.117 e. The van der Waals surface area contributed by atoms with Gasteiger partial charge in [0.15, 0.2) is 0 Å². The van der Waals surface area contributed by atoms with Gasteiger partial charge in [-0.2, -0.15) is 0 Å². The maximum atomic E-state index is 9.80. The molecule has 3 nitrogen and oxygen atoms in total. The van der Waals surface area contributed by atoms with Crippen LogP contribution in [0.1, 0.15) is 41.0 Å². The van der Waals surface area contributed by atoms with Crippen LogP contribution in [0.2, 0.25) is 0 Å². The topological polar surface area (TPSA) is 59.1 Å². The van der Waals surface area contributed by atoms with E-state index in [1.807, 2.05) is 12.1 Å². The number of thiol groups is 1. The Kier molecular flexibility index (Phi) is 7.92. The van der Waals surface area contributed by atoms with Crippen LogP contribution < -0.4 is 5.14 Å². The highest BCUT2D eigenvalue weighted by Gasteiger charge is 2.19. The third kappa shape index (κ3) is 5.43. The molecule has 1 atom stereocenters. The Morgan fingerprint density at radius 1 is 1.03 bits per heavy atom. The molecule has 0 aliphatic rings. The van der Waals surface area contributed by atoms with Crippen molar-refractivity contribution in [3.05, 3.63) is 94.5 Å². The van der Waals surface area contributed by atoms with Gasteiger partial charge in [-0.1, -0.05) is 61.2 Å². The number of nitrogens with two attached hydrogens (primary N) is 1. The van der Waals surface area contributed by atoms with Crippen LogP contribution in [0, 0.1) is 11.8 Å². The van der Waals surface area contributed by atoms with Crippen LogP contribution in [0.25, 0.3) is 10.2 Å². The molecule has 4 rings (SSSR count). The summed E-state index contributed by atoms with van der Waals surface area (Å²) in [7, 11) is 0. The van der Waals surface area contributed by atoms with Gasteiger partial charge in [0.2, 0.25) is 0 Å². The van der Waals surface area contributed by atoms with Crippen LogP contribution >= 0.6 is 24.2 Å². The molecule has 1 unspecified atom stereocenters. The van der Waals surface area contributed by atoms with Crippen LogP contribution in [0.15, 0.2) is 72.8 Å². The Labute approximate surface area is 187 Å². The first kappa shape index (κ1) is 21.9. The molecule has 4 aromatic rings. The molecular weight excluding hydrogens is 408 g/mol. The summed E-state index contributed by atoms with van der Waals surface area (Å²) in [5, 5.41) is 15.1. The molecule has 0 bridgehead atoms. The fraction of sp³-hybridized carbons (Fsp3) is 0.160. The summed E-state index contributed by atoms with van der Waals surface area (Å²) >= 11 is 4.68. The van der Waals surface area contributed by atoms with E-state index in [1.54, 1.807) is 23.5 Å². The molecule has 0 saturated carbocycles. The molecule has 30 heavy (non-hydrogen) atoms. The number of hydrogen-bond donors (Lipinski definition) is 3. The summed E-state index contributed by atoms with van der Waals surface area (Å²) in [6, 6.07) is 24.4. The standard InChI is InChI=1S/C25H21NOS.H3NS/c1-2-3-8-18-9-7-10-19(15-18)16-22(20-11-5-4-6-12-20)25-26-23-14-13-21(27)17-24(23)28-25;1-2/h4-7,9-15,17,22,27H,2,16H2,1H3;2H,1H2. The van der Waals surface area contributed by atoms with E-state index in [-0.39, 0.29) is 11.7 Å². The molecule has 0 fully saturated rings. The first-order chi connectivity index (χ1) is 14.7. The van der Waals surface area contributed by atoms with Gasteiger partial charge in [-0.05, 0) is 47.9 Å². The highest BCUT2D eigenvalue weighted by Crippen LogP contribution is 2.35. The van der Waals surface area contributed by atoms with E-state index in [9.17, 15) is 5.11 Å². The molecule has 0 aliphatic carbocycles. The molecule has 152 valence electrons. The minimum absolute atomic E-state index is 0.162. The Bertz CT molecular complexity index is 1160. The second kappa shape index (κ2) is 10.8. The van der Waals surface area contributed by atoms with E-state index in [2.05, 4.69) is 85.2 Å². The van der Waals surface area contributed by atoms with Gasteiger partial charge in [0, 0.05) is 17.9 Å². The van der Waals surface area contributed by atoms with Crippen LogP contribution in [-0.2, 0) is 6.42 Å². The molecule has 5 heteroatoms. The third-order valence-electron chi connectivity index (χ3n) is 4.66. The maximum absolute atomic E-state index is 9.80. The Morgan fingerprint density at radius 3 is 2.60 bits per heavy atom. The highest BCUT2D eigenvalue weighted by atomic mass is 32.1. The van der Waals surface area contributed by atoms with Crippen LogP contribution in [0.5, 0.6) is 5.75 Å². The van der Waals surface area contributed by atoms with Crippen molar-refractivity contribution >= 4 is 34.4 Å². The van der Waals surface area contributed by atoms with Crippen molar-refractivity contribution in [3.8, 4) is 17.6 Å². The lowest BCUT2D eigenvalue weighted by Gasteiger charge is -2.15. The minimum Gasteiger partial charge on any atom is -0.508 e. The van der Waals surface area contributed by atoms with Crippen LogP contribution in [-0.4, -0.2) is 10.1 Å². The predicted molar refractivity (Wildman–Crippen MR) is 130 cm³/mol. The van der Waals surface area contributed by atoms with Crippen molar-refractivity contribution in [2.75, 3.05) is 0 Å². The largest absolute Gasteiger partial charge is 0.508 e. The quantitative estimate of drug-likeness (QED) is 0.277. The van der Waals surface area contributed by atoms with Crippen molar-refractivity contribution < 1.29 is 5.11 Å². The van der Waals surface area contributed by atoms with E-state index >= 15 is 0 Å². The van der Waals surface area contributed by atoms with Gasteiger partial charge < -0.3 is 5.11 Å². The fourth-order valence-electron chi connectivity index (χ4n) is 3.32. The zero-order chi connectivity index (χ0) is 21.3. The summed E-state index contributed by atoms with van der Waals surface area (Å²) in [6.45, 7) is 2.06. The van der Waals surface area contributed by atoms with Gasteiger partial charge in [0.05, 0.1) is 10.2 Å². The summed E-state index contributed by atoms with van der Waals surface area (Å²) in [6.07, 6.45) is 1.72. The lowest BCUT2D eigenvalue weighted by molar-refractivity contribution is 0.476. The Hall–Kier alpha value is -2.78. The molecule has 0 saturated heterocycles. The zero-order valence-electron chi connectivity index (χ0n) is 16.7. The molecular formula is C25H24N2OS2. The van der Waals surface area contributed by atoms with E-state index < -0.39 is 0 Å². The Morgan fingerprint density at radius 2 is 1.83 bits per heavy atom. The molecule has 0 aliphatic heterocycles. The highest BCUT2D eigenvalue weighted by molar-refractivity contribution is 7.77. The lowest BCUT2D eigenvalue weighted by Crippen LogP contribution is -2.05. The van der Waals surface area contributed by atoms with Gasteiger partial charge in [-0.25, -0.2) is 4.98 Å². The predicted octanol–water partition coefficient (Wildman–Crippen LogP) is 5.93. The number of aromatic nitrogens is 1. The average molecular weight is 433 g/mol. The first-order valence-electron chi connectivity index (χ1n) is 9.71. The van der Waals surface area contributed by atoms with Crippen molar-refractivity contribution in [3.63, 3.8) is 0 Å². The van der Waals surface area contributed by atoms with E-state index in [0.29, 0.717) is 0 Å². The number of phenols is 1. The number of thiazole rings is 1. The molecule has 3 aromatic carbocycles. The first-order valence-corrected chi connectivity index (χ1v) is 11.0. The van der Waals surface area contributed by atoms with Crippen LogP contribution in [0.3, 0.4) is 0 Å². The SMILES string of the molecule is CCC#Cc1cccc(CC(c2ccccc2)c2nc3ccc(O)cc3s2)c1.NS. The van der Waals surface area contributed by atoms with Gasteiger partial charge in [0.25, 0.3) is 0 Å². The van der Waals surface area contributed by atoms with Gasteiger partial charge >= 0.3 is 0 Å². The molecule has 3 N–H and O–H groups in total. The number of hydrogen-bond acceptors (Lipinski definition) is 5. The minimum atomic E-state index is 0.162. The van der Waals surface area contributed by atoms with E-state index in [1.165, 1.54) is 11.1 Å². The molecule has 1 aromatic heterocycles. The van der Waals surface area contributed by atoms with Crippen molar-refractivity contribution in [1.82, 2.24) is 4.98 Å². The second-order valence-electron chi connectivity index (χ2n) is 6.73. The molecule has 0 spiro atoms. The third-order valence-corrected chi connectivity index (χ3v) is 5.80. The summed E-state index contributed by atoms with van der Waals surface area (Å²) in [5.74, 6) is 6.81. The molecule has 1 heterocycles. The fourth-order valence-corrected chi connectivity index (χ4v) is 4.44. The number of fused-ring (bicyclic) bond motifs is 1. The van der Waals surface area contributed by atoms with Crippen molar-refractivity contribution in [2.45, 2.75) is 25.7 Å². The monoisotopic (exact) mass is 432 g/mol. The van der Waals surface area contributed by atoms with E-state index in [4.69, 9.17) is 4.98 Å². The lowest BCUT2D eigenvalue weighted by atomic mass is 9.92. The maximum Gasteiger partial charge on any atom is 0.117 e. The number of rotatable bonds is 4. The summed E-state index contributed by atoms with van der Waals surface area (Å²) in [4.78, 5) is 4.88. The van der Waals surface area contributed by atoms with Crippen molar-refractivity contribution in [1.29, 1.82) is 0 Å². The molecule has 0 amide bonds. The average Bonchev–Trinajstić information content (AvgIpc) is 3.21. The molecule has 0 radical (unpaired) electrons. The normalized spacial score (nSPS) is 11.2. The zero-order valence-corrected chi connectivity index (χ0v) is 18.5. The number of benzene rings is 3. The second-order valence-corrected chi connectivity index (χ2v) is 7.79. The summed E-state index contributed by atoms with van der Waals surface area (Å²) < 4.78 is 1.01. The summed E-state index contributed by atoms with van der Waals surface area (Å²) in [5.41, 5.74) is 4.48. The van der Waals surface area contributed by atoms with Gasteiger partial charge in [-0.3, -0.25) is 5.14 Å². The van der Waals surface area contributed by atoms with E-state index in [0.717, 1.165) is 33.6 Å². The number of phenolic OH excluding ortho intramolecular Hbond substituents is 1. The van der Waals surface area contributed by atoms with Crippen LogP contribution in [0.4, 0.5) is 0 Å².